The average molecular weight is 339 g/mol. The maximum atomic E-state index is 9.31. The van der Waals surface area contributed by atoms with Crippen molar-refractivity contribution in [2.45, 2.75) is 6.54 Å². The number of aromatic nitrogens is 2. The van der Waals surface area contributed by atoms with Crippen molar-refractivity contribution in [1.82, 2.24) is 19.2 Å². The van der Waals surface area contributed by atoms with Crippen LogP contribution in [0.5, 0.6) is 0 Å². The Labute approximate surface area is 141 Å². The van der Waals surface area contributed by atoms with Crippen molar-refractivity contribution < 1.29 is 9.84 Å². The van der Waals surface area contributed by atoms with E-state index in [1.165, 1.54) is 0 Å². The summed E-state index contributed by atoms with van der Waals surface area (Å²) in [6.07, 6.45) is 3.86. The minimum Gasteiger partial charge on any atom is -0.395 e. The third-order valence-electron chi connectivity index (χ3n) is 4.10. The van der Waals surface area contributed by atoms with Gasteiger partial charge in [0.25, 0.3) is 0 Å². The van der Waals surface area contributed by atoms with E-state index in [1.54, 1.807) is 0 Å². The maximum Gasteiger partial charge on any atom is 0.137 e. The molecule has 3 rings (SSSR count). The number of nitrogens with zero attached hydrogens (tertiary/aromatic N) is 4. The predicted octanol–water partition coefficient (Wildman–Crippen LogP) is 1.11. The Balaban J connectivity index is 1.60. The number of fused-ring (bicyclic) bond motifs is 1. The topological polar surface area (TPSA) is 53.2 Å². The highest BCUT2D eigenvalue weighted by Gasteiger charge is 2.13. The average Bonchev–Trinajstić information content (AvgIpc) is 2.95. The first-order chi connectivity index (χ1) is 11.2. The Morgan fingerprint density at radius 3 is 2.83 bits per heavy atom. The quantitative estimate of drug-likeness (QED) is 0.819. The number of imidazole rings is 1. The zero-order valence-corrected chi connectivity index (χ0v) is 14.0. The second-order valence-electron chi connectivity index (χ2n) is 5.80. The number of hydrogen-bond acceptors (Lipinski definition) is 5. The first kappa shape index (κ1) is 16.7. The number of hydrogen-bond donors (Lipinski definition) is 1. The van der Waals surface area contributed by atoms with Crippen LogP contribution in [0.3, 0.4) is 0 Å². The molecule has 3 heterocycles. The van der Waals surface area contributed by atoms with Crippen molar-refractivity contribution in [3.05, 3.63) is 35.2 Å². The van der Waals surface area contributed by atoms with Gasteiger partial charge in [0.1, 0.15) is 5.65 Å². The van der Waals surface area contributed by atoms with Gasteiger partial charge in [0, 0.05) is 51.7 Å². The molecule has 126 valence electrons. The van der Waals surface area contributed by atoms with E-state index >= 15 is 0 Å². The Morgan fingerprint density at radius 1 is 1.22 bits per heavy atom. The summed E-state index contributed by atoms with van der Waals surface area (Å²) in [4.78, 5) is 9.25. The Hall–Kier alpha value is -1.18. The van der Waals surface area contributed by atoms with Crippen LogP contribution >= 0.6 is 11.6 Å². The number of ether oxygens (including phenoxy) is 1. The van der Waals surface area contributed by atoms with E-state index in [4.69, 9.17) is 16.3 Å². The first-order valence-electron chi connectivity index (χ1n) is 8.01. The number of aliphatic hydroxyl groups excluding tert-OH is 1. The second kappa shape index (κ2) is 8.08. The largest absolute Gasteiger partial charge is 0.395 e. The Morgan fingerprint density at radius 2 is 2.04 bits per heavy atom. The van der Waals surface area contributed by atoms with Crippen molar-refractivity contribution >= 4 is 17.2 Å². The van der Waals surface area contributed by atoms with E-state index in [-0.39, 0.29) is 6.61 Å². The Kier molecular flexibility index (Phi) is 5.85. The molecule has 0 radical (unpaired) electrons. The molecular formula is C16H23ClN4O2. The molecule has 1 fully saturated rings. The normalized spacial score (nSPS) is 16.5. The number of rotatable bonds is 7. The van der Waals surface area contributed by atoms with Crippen molar-refractivity contribution in [2.75, 3.05) is 52.5 Å². The standard InChI is InChI=1S/C16H23ClN4O2/c17-14-1-2-16-18-15(13-21(16)11-14)12-20(5-8-22)4-3-19-6-9-23-10-7-19/h1-2,11,13,22H,3-10,12H2. The van der Waals surface area contributed by atoms with Crippen molar-refractivity contribution in [2.24, 2.45) is 0 Å². The van der Waals surface area contributed by atoms with Crippen LogP contribution in [0.25, 0.3) is 5.65 Å². The molecular weight excluding hydrogens is 316 g/mol. The maximum absolute atomic E-state index is 9.31. The van der Waals surface area contributed by atoms with E-state index in [9.17, 15) is 5.11 Å². The molecule has 0 aliphatic carbocycles. The van der Waals surface area contributed by atoms with Crippen LogP contribution in [-0.2, 0) is 11.3 Å². The van der Waals surface area contributed by atoms with Gasteiger partial charge in [-0.1, -0.05) is 11.6 Å². The van der Waals surface area contributed by atoms with Crippen LogP contribution < -0.4 is 0 Å². The monoisotopic (exact) mass is 338 g/mol. The number of aliphatic hydroxyl groups is 1. The molecule has 0 bridgehead atoms. The van der Waals surface area contributed by atoms with Gasteiger partial charge in [-0.15, -0.1) is 0 Å². The SMILES string of the molecule is OCCN(CCN1CCOCC1)Cc1cn2cc(Cl)ccc2n1. The van der Waals surface area contributed by atoms with E-state index in [0.29, 0.717) is 11.6 Å². The highest BCUT2D eigenvalue weighted by molar-refractivity contribution is 6.30. The van der Waals surface area contributed by atoms with E-state index in [1.807, 2.05) is 28.9 Å². The molecule has 0 amide bonds. The lowest BCUT2D eigenvalue weighted by molar-refractivity contribution is 0.0319. The summed E-state index contributed by atoms with van der Waals surface area (Å²) in [5, 5.41) is 10.0. The molecule has 0 spiro atoms. The lowest BCUT2D eigenvalue weighted by Crippen LogP contribution is -2.41. The lowest BCUT2D eigenvalue weighted by atomic mass is 10.3. The first-order valence-corrected chi connectivity index (χ1v) is 8.39. The van der Waals surface area contributed by atoms with Gasteiger partial charge in [-0.2, -0.15) is 0 Å². The molecule has 0 aromatic carbocycles. The van der Waals surface area contributed by atoms with Crippen molar-refractivity contribution in [3.63, 3.8) is 0 Å². The van der Waals surface area contributed by atoms with Gasteiger partial charge in [-0.3, -0.25) is 9.80 Å². The number of halogens is 1. The zero-order valence-electron chi connectivity index (χ0n) is 13.2. The fraction of sp³-hybridized carbons (Fsp3) is 0.562. The summed E-state index contributed by atoms with van der Waals surface area (Å²) in [6.45, 7) is 7.03. The highest BCUT2D eigenvalue weighted by atomic mass is 35.5. The minimum atomic E-state index is 0.155. The molecule has 0 atom stereocenters. The van der Waals surface area contributed by atoms with Gasteiger partial charge in [0.15, 0.2) is 0 Å². The Bertz CT molecular complexity index is 628. The van der Waals surface area contributed by atoms with Crippen LogP contribution in [0, 0.1) is 0 Å². The third-order valence-corrected chi connectivity index (χ3v) is 4.33. The van der Waals surface area contributed by atoms with Gasteiger partial charge >= 0.3 is 0 Å². The molecule has 6 nitrogen and oxygen atoms in total. The van der Waals surface area contributed by atoms with Gasteiger partial charge in [0.2, 0.25) is 0 Å². The fourth-order valence-electron chi connectivity index (χ4n) is 2.84. The summed E-state index contributed by atoms with van der Waals surface area (Å²) in [7, 11) is 0. The van der Waals surface area contributed by atoms with Crippen molar-refractivity contribution in [1.29, 1.82) is 0 Å². The predicted molar refractivity (Wildman–Crippen MR) is 89.8 cm³/mol. The summed E-state index contributed by atoms with van der Waals surface area (Å²) in [5.41, 5.74) is 1.88. The molecule has 1 aliphatic heterocycles. The number of morpholine rings is 1. The van der Waals surface area contributed by atoms with Crippen molar-refractivity contribution in [3.8, 4) is 0 Å². The highest BCUT2D eigenvalue weighted by Crippen LogP contribution is 2.13. The molecule has 1 saturated heterocycles. The van der Waals surface area contributed by atoms with Gasteiger partial charge in [-0.05, 0) is 12.1 Å². The molecule has 0 unspecified atom stereocenters. The zero-order chi connectivity index (χ0) is 16.1. The fourth-order valence-corrected chi connectivity index (χ4v) is 3.01. The van der Waals surface area contributed by atoms with E-state index in [2.05, 4.69) is 14.8 Å². The summed E-state index contributed by atoms with van der Waals surface area (Å²) in [6, 6.07) is 3.76. The summed E-state index contributed by atoms with van der Waals surface area (Å²) < 4.78 is 7.32. The summed E-state index contributed by atoms with van der Waals surface area (Å²) in [5.74, 6) is 0. The molecule has 23 heavy (non-hydrogen) atoms. The van der Waals surface area contributed by atoms with Crippen LogP contribution in [0.1, 0.15) is 5.69 Å². The van der Waals surface area contributed by atoms with Crippen LogP contribution in [-0.4, -0.2) is 76.8 Å². The van der Waals surface area contributed by atoms with Crippen LogP contribution in [0.15, 0.2) is 24.5 Å². The molecule has 2 aromatic rings. The third kappa shape index (κ3) is 4.65. The van der Waals surface area contributed by atoms with Crippen LogP contribution in [0.4, 0.5) is 0 Å². The van der Waals surface area contributed by atoms with E-state index < -0.39 is 0 Å². The van der Waals surface area contributed by atoms with Gasteiger partial charge < -0.3 is 14.2 Å². The molecule has 2 aromatic heterocycles. The lowest BCUT2D eigenvalue weighted by Gasteiger charge is -2.29. The molecule has 1 aliphatic rings. The van der Waals surface area contributed by atoms with E-state index in [0.717, 1.165) is 57.3 Å². The molecule has 7 heteroatoms. The van der Waals surface area contributed by atoms with Gasteiger partial charge in [-0.25, -0.2) is 4.98 Å². The van der Waals surface area contributed by atoms with Crippen LogP contribution in [0.2, 0.25) is 5.02 Å². The summed E-state index contributed by atoms with van der Waals surface area (Å²) >= 11 is 6.01. The van der Waals surface area contributed by atoms with Gasteiger partial charge in [0.05, 0.1) is 30.5 Å². The minimum absolute atomic E-state index is 0.155. The second-order valence-corrected chi connectivity index (χ2v) is 6.24. The molecule has 0 saturated carbocycles. The smallest absolute Gasteiger partial charge is 0.137 e. The number of pyridine rings is 1. The molecule has 1 N–H and O–H groups in total.